The van der Waals surface area contributed by atoms with Crippen molar-refractivity contribution in [3.63, 3.8) is 0 Å². The highest BCUT2D eigenvalue weighted by Crippen LogP contribution is 2.37. The molecular formula is C25H16BN. The SMILES string of the molecule is Cc1ccc2c3c1c1ccccc1n3-c1cccc3c1B2c1ccccc1-3. The molecule has 0 bridgehead atoms. The van der Waals surface area contributed by atoms with Gasteiger partial charge in [-0.2, -0.15) is 0 Å². The van der Waals surface area contributed by atoms with E-state index in [1.54, 1.807) is 0 Å². The van der Waals surface area contributed by atoms with Gasteiger partial charge in [-0.1, -0.05) is 72.2 Å². The molecule has 0 saturated carbocycles. The largest absolute Gasteiger partial charge is 0.310 e. The van der Waals surface area contributed by atoms with E-state index in [1.165, 1.54) is 60.6 Å². The Morgan fingerprint density at radius 3 is 2.48 bits per heavy atom. The second-order valence-corrected chi connectivity index (χ2v) is 7.81. The van der Waals surface area contributed by atoms with Crippen molar-refractivity contribution in [2.75, 3.05) is 0 Å². The van der Waals surface area contributed by atoms with E-state index in [2.05, 4.69) is 90.4 Å². The van der Waals surface area contributed by atoms with Gasteiger partial charge in [0, 0.05) is 22.0 Å². The molecule has 0 saturated heterocycles. The molecule has 2 aliphatic rings. The second-order valence-electron chi connectivity index (χ2n) is 7.81. The van der Waals surface area contributed by atoms with Gasteiger partial charge in [-0.15, -0.1) is 0 Å². The van der Waals surface area contributed by atoms with E-state index < -0.39 is 0 Å². The zero-order chi connectivity index (χ0) is 17.7. The van der Waals surface area contributed by atoms with E-state index in [4.69, 9.17) is 0 Å². The molecule has 4 aromatic carbocycles. The summed E-state index contributed by atoms with van der Waals surface area (Å²) in [5.41, 5.74) is 12.5. The maximum atomic E-state index is 2.51. The van der Waals surface area contributed by atoms with Crippen LogP contribution >= 0.6 is 0 Å². The number of hydrogen-bond donors (Lipinski definition) is 0. The summed E-state index contributed by atoms with van der Waals surface area (Å²) in [4.78, 5) is 0. The standard InChI is InChI=1S/C25H16BN/c1-15-13-14-20-25-23(15)18-8-3-5-11-21(18)27(25)22-12-6-9-17-16-7-2-4-10-19(16)26(20)24(17)22/h2-14H,1H3. The average Bonchev–Trinajstić information content (AvgIpc) is 3.24. The Balaban J connectivity index is 1.80. The Bertz CT molecular complexity index is 1440. The summed E-state index contributed by atoms with van der Waals surface area (Å²) in [6.07, 6.45) is 0. The first-order chi connectivity index (χ1) is 13.3. The van der Waals surface area contributed by atoms with Gasteiger partial charge >= 0.3 is 0 Å². The molecule has 5 aromatic rings. The Morgan fingerprint density at radius 2 is 1.52 bits per heavy atom. The van der Waals surface area contributed by atoms with Crippen molar-refractivity contribution in [1.82, 2.24) is 4.57 Å². The first kappa shape index (κ1) is 13.9. The van der Waals surface area contributed by atoms with Gasteiger partial charge in [0.25, 0.3) is 0 Å². The van der Waals surface area contributed by atoms with Crippen molar-refractivity contribution in [3.8, 4) is 16.8 Å². The molecule has 2 heteroatoms. The Kier molecular flexibility index (Phi) is 2.33. The van der Waals surface area contributed by atoms with Crippen molar-refractivity contribution in [2.45, 2.75) is 6.92 Å². The zero-order valence-corrected chi connectivity index (χ0v) is 15.0. The lowest BCUT2D eigenvalue weighted by atomic mass is 9.37. The first-order valence-electron chi connectivity index (χ1n) is 9.60. The molecule has 0 atom stereocenters. The van der Waals surface area contributed by atoms with Crippen molar-refractivity contribution >= 4 is 44.9 Å². The van der Waals surface area contributed by atoms with Crippen molar-refractivity contribution < 1.29 is 0 Å². The number of nitrogens with zero attached hydrogens (tertiary/aromatic N) is 1. The minimum atomic E-state index is 0.340. The van der Waals surface area contributed by atoms with Crippen LogP contribution in [0.25, 0.3) is 38.6 Å². The molecule has 0 N–H and O–H groups in total. The van der Waals surface area contributed by atoms with Crippen LogP contribution in [-0.4, -0.2) is 11.3 Å². The molecule has 0 aliphatic carbocycles. The fraction of sp³-hybridized carbons (Fsp3) is 0.0400. The minimum Gasteiger partial charge on any atom is -0.310 e. The monoisotopic (exact) mass is 341 g/mol. The quantitative estimate of drug-likeness (QED) is 0.369. The van der Waals surface area contributed by atoms with Gasteiger partial charge in [0.05, 0.1) is 5.52 Å². The third-order valence-corrected chi connectivity index (χ3v) is 6.54. The maximum absolute atomic E-state index is 2.51. The van der Waals surface area contributed by atoms with E-state index >= 15 is 0 Å². The molecule has 2 aliphatic heterocycles. The smallest absolute Gasteiger partial charge is 0.248 e. The fourth-order valence-electron chi connectivity index (χ4n) is 5.53. The Labute approximate surface area is 158 Å². The summed E-state index contributed by atoms with van der Waals surface area (Å²) >= 11 is 0. The van der Waals surface area contributed by atoms with Gasteiger partial charge in [-0.3, -0.25) is 0 Å². The highest BCUT2D eigenvalue weighted by molar-refractivity contribution is 7.01. The van der Waals surface area contributed by atoms with E-state index in [0.717, 1.165) is 0 Å². The Hall–Kier alpha value is -3.26. The van der Waals surface area contributed by atoms with Crippen molar-refractivity contribution in [3.05, 3.63) is 84.4 Å². The summed E-state index contributed by atoms with van der Waals surface area (Å²) < 4.78 is 2.51. The highest BCUT2D eigenvalue weighted by Gasteiger charge is 2.40. The van der Waals surface area contributed by atoms with Crippen LogP contribution in [0.5, 0.6) is 0 Å². The van der Waals surface area contributed by atoms with Gasteiger partial charge in [-0.05, 0) is 46.7 Å². The Morgan fingerprint density at radius 1 is 0.704 bits per heavy atom. The van der Waals surface area contributed by atoms with E-state index in [1.807, 2.05) is 0 Å². The summed E-state index contributed by atoms with van der Waals surface area (Å²) in [6, 6.07) is 29.3. The molecule has 7 rings (SSSR count). The number of fused-ring (bicyclic) bond motifs is 8. The average molecular weight is 341 g/mol. The van der Waals surface area contributed by atoms with Crippen LogP contribution in [0.15, 0.2) is 78.9 Å². The van der Waals surface area contributed by atoms with Crippen LogP contribution in [0, 0.1) is 6.92 Å². The van der Waals surface area contributed by atoms with E-state index in [9.17, 15) is 0 Å². The number of para-hydroxylation sites is 1. The van der Waals surface area contributed by atoms with Crippen molar-refractivity contribution in [2.24, 2.45) is 0 Å². The lowest BCUT2D eigenvalue weighted by molar-refractivity contribution is 1.19. The number of aromatic nitrogens is 1. The fourth-order valence-corrected chi connectivity index (χ4v) is 5.53. The molecule has 124 valence electrons. The number of hydrogen-bond acceptors (Lipinski definition) is 0. The van der Waals surface area contributed by atoms with Crippen LogP contribution in [-0.2, 0) is 0 Å². The molecule has 1 aromatic heterocycles. The maximum Gasteiger partial charge on any atom is 0.248 e. The lowest BCUT2D eigenvalue weighted by Crippen LogP contribution is -2.53. The third kappa shape index (κ3) is 1.46. The topological polar surface area (TPSA) is 4.93 Å². The predicted molar refractivity (Wildman–Crippen MR) is 116 cm³/mol. The molecule has 0 radical (unpaired) electrons. The molecule has 0 spiro atoms. The molecule has 1 nitrogen and oxygen atoms in total. The summed E-state index contributed by atoms with van der Waals surface area (Å²) in [5.74, 6) is 0. The van der Waals surface area contributed by atoms with Gasteiger partial charge in [0.2, 0.25) is 6.71 Å². The predicted octanol–water partition coefficient (Wildman–Crippen LogP) is 3.90. The van der Waals surface area contributed by atoms with Gasteiger partial charge < -0.3 is 4.57 Å². The van der Waals surface area contributed by atoms with Crippen LogP contribution in [0.4, 0.5) is 0 Å². The van der Waals surface area contributed by atoms with Crippen LogP contribution in [0.1, 0.15) is 5.56 Å². The van der Waals surface area contributed by atoms with E-state index in [0.29, 0.717) is 6.71 Å². The lowest BCUT2D eigenvalue weighted by Gasteiger charge is -2.24. The van der Waals surface area contributed by atoms with E-state index in [-0.39, 0.29) is 0 Å². The summed E-state index contributed by atoms with van der Waals surface area (Å²) in [6.45, 7) is 2.58. The zero-order valence-electron chi connectivity index (χ0n) is 15.0. The van der Waals surface area contributed by atoms with Crippen molar-refractivity contribution in [1.29, 1.82) is 0 Å². The number of aryl methyl sites for hydroxylation is 1. The van der Waals surface area contributed by atoms with Gasteiger partial charge in [0.15, 0.2) is 0 Å². The molecule has 0 amide bonds. The second kappa shape index (κ2) is 4.53. The van der Waals surface area contributed by atoms with Crippen LogP contribution in [0.2, 0.25) is 0 Å². The third-order valence-electron chi connectivity index (χ3n) is 6.54. The van der Waals surface area contributed by atoms with Crippen LogP contribution in [0.3, 0.4) is 0 Å². The number of benzene rings is 4. The highest BCUT2D eigenvalue weighted by atomic mass is 15.0. The van der Waals surface area contributed by atoms with Gasteiger partial charge in [-0.25, -0.2) is 0 Å². The molecule has 0 unspecified atom stereocenters. The molecule has 27 heavy (non-hydrogen) atoms. The molecule has 3 heterocycles. The normalized spacial score (nSPS) is 13.3. The summed E-state index contributed by atoms with van der Waals surface area (Å²) in [5, 5.41) is 2.77. The molecule has 0 fully saturated rings. The van der Waals surface area contributed by atoms with Crippen LogP contribution < -0.4 is 16.4 Å². The van der Waals surface area contributed by atoms with Gasteiger partial charge in [0.1, 0.15) is 0 Å². The minimum absolute atomic E-state index is 0.340. The molecular weight excluding hydrogens is 325 g/mol. The summed E-state index contributed by atoms with van der Waals surface area (Å²) in [7, 11) is 0. The first-order valence-corrected chi connectivity index (χ1v) is 9.60. The number of rotatable bonds is 0.